The van der Waals surface area contributed by atoms with E-state index in [0.717, 1.165) is 13.1 Å². The highest BCUT2D eigenvalue weighted by Crippen LogP contribution is 2.42. The Bertz CT molecular complexity index is 583. The molecule has 2 atom stereocenters. The van der Waals surface area contributed by atoms with Gasteiger partial charge >= 0.3 is 0 Å². The summed E-state index contributed by atoms with van der Waals surface area (Å²) in [4.78, 5) is 0.277. The highest BCUT2D eigenvalue weighted by molar-refractivity contribution is 7.89. The second-order valence-electron chi connectivity index (χ2n) is 5.45. The zero-order valence-corrected chi connectivity index (χ0v) is 14.0. The molecule has 3 rings (SSSR count). The first-order valence-corrected chi connectivity index (χ1v) is 8.55. The van der Waals surface area contributed by atoms with E-state index in [1.807, 2.05) is 0 Å². The minimum atomic E-state index is -3.44. The van der Waals surface area contributed by atoms with Crippen LogP contribution < -0.4 is 14.8 Å². The summed E-state index contributed by atoms with van der Waals surface area (Å²) >= 11 is 0. The SMILES string of the molecule is COCCOc1ccc(S(=O)(=O)NC2C3CNCC32)cc1.Cl. The van der Waals surface area contributed by atoms with Gasteiger partial charge in [-0.15, -0.1) is 12.4 Å². The summed E-state index contributed by atoms with van der Waals surface area (Å²) in [5, 5.41) is 3.25. The Kier molecular flexibility index (Phi) is 5.68. The molecule has 1 aromatic carbocycles. The lowest BCUT2D eigenvalue weighted by atomic mass is 10.3. The van der Waals surface area contributed by atoms with E-state index in [4.69, 9.17) is 9.47 Å². The summed E-state index contributed by atoms with van der Waals surface area (Å²) < 4.78 is 37.7. The van der Waals surface area contributed by atoms with E-state index in [0.29, 0.717) is 30.8 Å². The van der Waals surface area contributed by atoms with Crippen LogP contribution in [0.15, 0.2) is 29.2 Å². The van der Waals surface area contributed by atoms with Crippen molar-refractivity contribution in [2.45, 2.75) is 10.9 Å². The Hall–Kier alpha value is -0.860. The molecule has 1 saturated heterocycles. The van der Waals surface area contributed by atoms with Crippen LogP contribution in [0.5, 0.6) is 5.75 Å². The van der Waals surface area contributed by atoms with Crippen LogP contribution in [-0.2, 0) is 14.8 Å². The van der Waals surface area contributed by atoms with Crippen LogP contribution in [0, 0.1) is 11.8 Å². The molecular formula is C14H21ClN2O4S. The molecule has 2 aliphatic rings. The molecule has 0 radical (unpaired) electrons. The van der Waals surface area contributed by atoms with Crippen molar-refractivity contribution in [2.24, 2.45) is 11.8 Å². The minimum Gasteiger partial charge on any atom is -0.491 e. The molecule has 124 valence electrons. The quantitative estimate of drug-likeness (QED) is 0.707. The fourth-order valence-corrected chi connectivity index (χ4v) is 4.14. The lowest BCUT2D eigenvalue weighted by molar-refractivity contribution is 0.146. The first-order valence-electron chi connectivity index (χ1n) is 7.06. The second-order valence-corrected chi connectivity index (χ2v) is 7.16. The van der Waals surface area contributed by atoms with Gasteiger partial charge in [-0.1, -0.05) is 0 Å². The fraction of sp³-hybridized carbons (Fsp3) is 0.571. The highest BCUT2D eigenvalue weighted by atomic mass is 35.5. The van der Waals surface area contributed by atoms with Gasteiger partial charge in [0.1, 0.15) is 12.4 Å². The molecule has 1 heterocycles. The van der Waals surface area contributed by atoms with Crippen molar-refractivity contribution in [1.29, 1.82) is 0 Å². The molecule has 1 aromatic rings. The lowest BCUT2D eigenvalue weighted by Gasteiger charge is -2.10. The van der Waals surface area contributed by atoms with Gasteiger partial charge in [0.15, 0.2) is 0 Å². The van der Waals surface area contributed by atoms with Crippen molar-refractivity contribution in [3.8, 4) is 5.75 Å². The number of ether oxygens (including phenoxy) is 2. The molecule has 1 aliphatic carbocycles. The molecule has 6 nitrogen and oxygen atoms in total. The number of sulfonamides is 1. The van der Waals surface area contributed by atoms with Gasteiger partial charge in [-0.25, -0.2) is 13.1 Å². The average Bonchev–Trinajstić information content (AvgIpc) is 2.89. The largest absolute Gasteiger partial charge is 0.491 e. The molecule has 8 heteroatoms. The molecule has 1 saturated carbocycles. The molecule has 0 spiro atoms. The van der Waals surface area contributed by atoms with Crippen molar-refractivity contribution < 1.29 is 17.9 Å². The van der Waals surface area contributed by atoms with Crippen LogP contribution in [-0.4, -0.2) is 47.9 Å². The number of benzene rings is 1. The molecule has 2 fully saturated rings. The monoisotopic (exact) mass is 348 g/mol. The van der Waals surface area contributed by atoms with Gasteiger partial charge in [-0.3, -0.25) is 0 Å². The lowest BCUT2D eigenvalue weighted by Crippen LogP contribution is -2.32. The Morgan fingerprint density at radius 3 is 2.41 bits per heavy atom. The Morgan fingerprint density at radius 1 is 1.18 bits per heavy atom. The molecule has 2 N–H and O–H groups in total. The number of fused-ring (bicyclic) bond motifs is 1. The van der Waals surface area contributed by atoms with Gasteiger partial charge in [0, 0.05) is 13.2 Å². The van der Waals surface area contributed by atoms with E-state index in [1.54, 1.807) is 31.4 Å². The highest BCUT2D eigenvalue weighted by Gasteiger charge is 2.54. The van der Waals surface area contributed by atoms with Gasteiger partial charge in [0.25, 0.3) is 0 Å². The van der Waals surface area contributed by atoms with Gasteiger partial charge in [0.05, 0.1) is 11.5 Å². The predicted octanol–water partition coefficient (Wildman–Crippen LogP) is 0.630. The van der Waals surface area contributed by atoms with E-state index in [1.165, 1.54) is 0 Å². The number of hydrogen-bond acceptors (Lipinski definition) is 5. The number of rotatable bonds is 7. The summed E-state index contributed by atoms with van der Waals surface area (Å²) in [5.74, 6) is 1.55. The first kappa shape index (κ1) is 17.5. The van der Waals surface area contributed by atoms with Crippen molar-refractivity contribution in [3.05, 3.63) is 24.3 Å². The van der Waals surface area contributed by atoms with E-state index in [9.17, 15) is 8.42 Å². The van der Waals surface area contributed by atoms with Crippen molar-refractivity contribution in [2.75, 3.05) is 33.4 Å². The van der Waals surface area contributed by atoms with E-state index in [2.05, 4.69) is 10.0 Å². The summed E-state index contributed by atoms with van der Waals surface area (Å²) in [5.41, 5.74) is 0. The Morgan fingerprint density at radius 2 is 1.82 bits per heavy atom. The van der Waals surface area contributed by atoms with Gasteiger partial charge in [-0.05, 0) is 49.2 Å². The Balaban J connectivity index is 0.00000176. The first-order chi connectivity index (χ1) is 10.1. The number of hydrogen-bond donors (Lipinski definition) is 2. The standard InChI is InChI=1S/C14H20N2O4S.ClH/c1-19-6-7-20-10-2-4-11(5-3-10)21(17,18)16-14-12-8-15-9-13(12)14;/h2-5,12-16H,6-9H2,1H3;1H. The van der Waals surface area contributed by atoms with Crippen molar-refractivity contribution in [1.82, 2.24) is 10.0 Å². The second kappa shape index (κ2) is 7.14. The van der Waals surface area contributed by atoms with Crippen molar-refractivity contribution in [3.63, 3.8) is 0 Å². The molecule has 2 unspecified atom stereocenters. The third-order valence-electron chi connectivity index (χ3n) is 4.07. The Labute approximate surface area is 137 Å². The number of piperidine rings is 1. The molecular weight excluding hydrogens is 328 g/mol. The molecule has 0 aromatic heterocycles. The zero-order valence-electron chi connectivity index (χ0n) is 12.3. The average molecular weight is 349 g/mol. The van der Waals surface area contributed by atoms with Crippen LogP contribution in [0.2, 0.25) is 0 Å². The molecule has 1 aliphatic heterocycles. The molecule has 0 bridgehead atoms. The van der Waals surface area contributed by atoms with Crippen LogP contribution in [0.4, 0.5) is 0 Å². The van der Waals surface area contributed by atoms with E-state index in [-0.39, 0.29) is 23.3 Å². The third kappa shape index (κ3) is 3.72. The topological polar surface area (TPSA) is 76.7 Å². The van der Waals surface area contributed by atoms with Crippen LogP contribution in [0.25, 0.3) is 0 Å². The van der Waals surface area contributed by atoms with E-state index < -0.39 is 10.0 Å². The maximum atomic E-state index is 12.3. The van der Waals surface area contributed by atoms with Crippen LogP contribution in [0.1, 0.15) is 0 Å². The summed E-state index contributed by atoms with van der Waals surface area (Å²) in [6.45, 7) is 2.76. The summed E-state index contributed by atoms with van der Waals surface area (Å²) in [7, 11) is -1.83. The number of methoxy groups -OCH3 is 1. The fourth-order valence-electron chi connectivity index (χ4n) is 2.80. The molecule has 0 amide bonds. The predicted molar refractivity (Wildman–Crippen MR) is 85.0 cm³/mol. The molecule has 22 heavy (non-hydrogen) atoms. The van der Waals surface area contributed by atoms with Crippen LogP contribution >= 0.6 is 12.4 Å². The van der Waals surface area contributed by atoms with E-state index >= 15 is 0 Å². The van der Waals surface area contributed by atoms with Crippen molar-refractivity contribution >= 4 is 22.4 Å². The third-order valence-corrected chi connectivity index (χ3v) is 5.55. The normalized spacial score (nSPS) is 26.1. The number of halogens is 1. The van der Waals surface area contributed by atoms with Gasteiger partial charge in [-0.2, -0.15) is 0 Å². The maximum Gasteiger partial charge on any atom is 0.240 e. The number of nitrogens with one attached hydrogen (secondary N) is 2. The maximum absolute atomic E-state index is 12.3. The zero-order chi connectivity index (χ0) is 14.9. The van der Waals surface area contributed by atoms with Gasteiger partial charge in [0.2, 0.25) is 10.0 Å². The minimum absolute atomic E-state index is 0. The summed E-state index contributed by atoms with van der Waals surface area (Å²) in [6, 6.07) is 6.56. The summed E-state index contributed by atoms with van der Waals surface area (Å²) in [6.07, 6.45) is 0. The smallest absolute Gasteiger partial charge is 0.240 e. The van der Waals surface area contributed by atoms with Crippen LogP contribution in [0.3, 0.4) is 0 Å². The van der Waals surface area contributed by atoms with Gasteiger partial charge < -0.3 is 14.8 Å².